The quantitative estimate of drug-likeness (QED) is 0.365. The van der Waals surface area contributed by atoms with E-state index in [-0.39, 0.29) is 16.7 Å². The van der Waals surface area contributed by atoms with Crippen molar-refractivity contribution in [1.29, 1.82) is 0 Å². The molecular weight excluding hydrogens is 440 g/mol. The van der Waals surface area contributed by atoms with Gasteiger partial charge in [0.2, 0.25) is 5.43 Å². The van der Waals surface area contributed by atoms with E-state index in [1.54, 1.807) is 37.3 Å². The smallest absolute Gasteiger partial charge is 0.219 e. The summed E-state index contributed by atoms with van der Waals surface area (Å²) in [4.78, 5) is 18.1. The number of aryl methyl sites for hydroxylation is 1. The highest BCUT2D eigenvalue weighted by Gasteiger charge is 2.29. The second-order valence-corrected chi connectivity index (χ2v) is 8.97. The highest BCUT2D eigenvalue weighted by atomic mass is 35.5. The summed E-state index contributed by atoms with van der Waals surface area (Å²) < 4.78 is 12.1. The van der Waals surface area contributed by atoms with E-state index in [1.165, 1.54) is 6.26 Å². The number of ether oxygens (including phenoxy) is 1. The van der Waals surface area contributed by atoms with E-state index in [2.05, 4.69) is 10.3 Å². The van der Waals surface area contributed by atoms with Crippen LogP contribution in [-0.2, 0) is 0 Å². The first-order valence-corrected chi connectivity index (χ1v) is 10.8. The molecule has 3 heterocycles. The summed E-state index contributed by atoms with van der Waals surface area (Å²) in [5, 5.41) is 13.9. The summed E-state index contributed by atoms with van der Waals surface area (Å²) in [5.41, 5.74) is 2.51. The molecule has 0 atom stereocenters. The maximum absolute atomic E-state index is 13.5. The third kappa shape index (κ3) is 3.83. The van der Waals surface area contributed by atoms with Gasteiger partial charge >= 0.3 is 0 Å². The molecule has 7 heteroatoms. The van der Waals surface area contributed by atoms with Crippen LogP contribution in [0.5, 0.6) is 11.5 Å². The van der Waals surface area contributed by atoms with Crippen molar-refractivity contribution in [2.45, 2.75) is 26.4 Å². The molecule has 2 aromatic carbocycles. The first kappa shape index (κ1) is 21.1. The molecule has 2 N–H and O–H groups in total. The maximum Gasteiger partial charge on any atom is 0.219 e. The zero-order valence-corrected chi connectivity index (χ0v) is 19.0. The molecule has 166 valence electrons. The Morgan fingerprint density at radius 2 is 1.97 bits per heavy atom. The van der Waals surface area contributed by atoms with Gasteiger partial charge < -0.3 is 19.6 Å². The SMILES string of the molecule is Cc1ccc(-c2coc3c4c(c(Nc5cccc(Cl)c5)nc3c2=O)OC(C)(C)C=C4)cc1O. The summed E-state index contributed by atoms with van der Waals surface area (Å²) in [6.45, 7) is 5.66. The Labute approximate surface area is 195 Å². The molecule has 0 aliphatic carbocycles. The Balaban J connectivity index is 1.74. The topological polar surface area (TPSA) is 84.6 Å². The van der Waals surface area contributed by atoms with Gasteiger partial charge in [0.05, 0.1) is 11.1 Å². The highest BCUT2D eigenvalue weighted by molar-refractivity contribution is 6.30. The van der Waals surface area contributed by atoms with E-state index >= 15 is 0 Å². The van der Waals surface area contributed by atoms with Gasteiger partial charge in [-0.15, -0.1) is 0 Å². The molecule has 0 bridgehead atoms. The van der Waals surface area contributed by atoms with Crippen molar-refractivity contribution in [2.75, 3.05) is 5.32 Å². The second-order valence-electron chi connectivity index (χ2n) is 8.53. The average molecular weight is 461 g/mol. The predicted octanol–water partition coefficient (Wildman–Crippen LogP) is 6.45. The predicted molar refractivity (Wildman–Crippen MR) is 131 cm³/mol. The summed E-state index contributed by atoms with van der Waals surface area (Å²) >= 11 is 6.14. The van der Waals surface area contributed by atoms with Crippen molar-refractivity contribution < 1.29 is 14.3 Å². The number of aromatic hydroxyl groups is 1. The average Bonchev–Trinajstić information content (AvgIpc) is 2.76. The van der Waals surface area contributed by atoms with Crippen molar-refractivity contribution in [1.82, 2.24) is 4.98 Å². The van der Waals surface area contributed by atoms with Gasteiger partial charge in [-0.2, -0.15) is 0 Å². The Bertz CT molecular complexity index is 1500. The minimum atomic E-state index is -0.563. The first-order chi connectivity index (χ1) is 15.7. The number of hydrogen-bond acceptors (Lipinski definition) is 6. The number of nitrogens with one attached hydrogen (secondary N) is 1. The fourth-order valence-corrected chi connectivity index (χ4v) is 3.93. The molecule has 1 aliphatic heterocycles. The van der Waals surface area contributed by atoms with E-state index in [1.807, 2.05) is 38.1 Å². The van der Waals surface area contributed by atoms with Gasteiger partial charge in [0.25, 0.3) is 0 Å². The van der Waals surface area contributed by atoms with Crippen LogP contribution >= 0.6 is 11.6 Å². The molecule has 4 aromatic rings. The summed E-state index contributed by atoms with van der Waals surface area (Å²) in [6.07, 6.45) is 5.19. The van der Waals surface area contributed by atoms with Crippen LogP contribution in [0.25, 0.3) is 28.3 Å². The molecule has 0 saturated heterocycles. The number of phenolic OH excluding ortho intramolecular Hbond substituents is 1. The molecule has 0 fully saturated rings. The molecule has 0 saturated carbocycles. The molecule has 0 spiro atoms. The van der Waals surface area contributed by atoms with Gasteiger partial charge in [0.1, 0.15) is 17.6 Å². The lowest BCUT2D eigenvalue weighted by Crippen LogP contribution is -2.28. The molecule has 0 unspecified atom stereocenters. The van der Waals surface area contributed by atoms with Crippen LogP contribution in [0.2, 0.25) is 5.02 Å². The van der Waals surface area contributed by atoms with E-state index in [9.17, 15) is 9.90 Å². The Hall–Kier alpha value is -3.77. The summed E-state index contributed by atoms with van der Waals surface area (Å²) in [7, 11) is 0. The van der Waals surface area contributed by atoms with Gasteiger partial charge in [-0.05, 0) is 68.3 Å². The number of halogens is 1. The van der Waals surface area contributed by atoms with Crippen molar-refractivity contribution in [3.8, 4) is 22.6 Å². The monoisotopic (exact) mass is 460 g/mol. The van der Waals surface area contributed by atoms with Crippen molar-refractivity contribution in [2.24, 2.45) is 0 Å². The fraction of sp³-hybridized carbons (Fsp3) is 0.154. The maximum atomic E-state index is 13.5. The first-order valence-electron chi connectivity index (χ1n) is 10.4. The normalized spacial score (nSPS) is 14.1. The minimum Gasteiger partial charge on any atom is -0.508 e. The van der Waals surface area contributed by atoms with E-state index in [0.717, 1.165) is 0 Å². The van der Waals surface area contributed by atoms with E-state index in [0.29, 0.717) is 50.1 Å². The Kier molecular flexibility index (Phi) is 4.91. The Morgan fingerprint density at radius 3 is 2.73 bits per heavy atom. The zero-order chi connectivity index (χ0) is 23.3. The van der Waals surface area contributed by atoms with Crippen LogP contribution < -0.4 is 15.5 Å². The van der Waals surface area contributed by atoms with Gasteiger partial charge in [-0.3, -0.25) is 4.79 Å². The van der Waals surface area contributed by atoms with Crippen LogP contribution in [0.1, 0.15) is 25.0 Å². The number of pyridine rings is 1. The molecular formula is C26H21ClN2O4. The third-order valence-electron chi connectivity index (χ3n) is 5.52. The van der Waals surface area contributed by atoms with Crippen LogP contribution in [0.15, 0.2) is 64.0 Å². The molecule has 1 aliphatic rings. The number of fused-ring (bicyclic) bond motifs is 3. The van der Waals surface area contributed by atoms with Gasteiger partial charge in [-0.1, -0.05) is 29.8 Å². The molecule has 0 amide bonds. The number of hydrogen-bond donors (Lipinski definition) is 2. The third-order valence-corrected chi connectivity index (χ3v) is 5.76. The summed E-state index contributed by atoms with van der Waals surface area (Å²) in [5.74, 6) is 0.972. The van der Waals surface area contributed by atoms with E-state index in [4.69, 9.17) is 20.8 Å². The molecule has 2 aromatic heterocycles. The second kappa shape index (κ2) is 7.67. The fourth-order valence-electron chi connectivity index (χ4n) is 3.74. The lowest BCUT2D eigenvalue weighted by Gasteiger charge is -2.29. The summed E-state index contributed by atoms with van der Waals surface area (Å²) in [6, 6.07) is 12.3. The Morgan fingerprint density at radius 1 is 1.15 bits per heavy atom. The van der Waals surface area contributed by atoms with Crippen molar-refractivity contribution in [3.05, 3.63) is 81.2 Å². The lowest BCUT2D eigenvalue weighted by molar-refractivity contribution is 0.159. The molecule has 5 rings (SSSR count). The van der Waals surface area contributed by atoms with Gasteiger partial charge in [0.15, 0.2) is 22.7 Å². The van der Waals surface area contributed by atoms with Crippen LogP contribution in [0.4, 0.5) is 11.5 Å². The van der Waals surface area contributed by atoms with Gasteiger partial charge in [0, 0.05) is 10.7 Å². The number of nitrogens with zero attached hydrogens (tertiary/aromatic N) is 1. The molecule has 6 nitrogen and oxygen atoms in total. The van der Waals surface area contributed by atoms with Crippen molar-refractivity contribution >= 4 is 40.3 Å². The van der Waals surface area contributed by atoms with Crippen LogP contribution in [0, 0.1) is 6.92 Å². The van der Waals surface area contributed by atoms with Crippen molar-refractivity contribution in [3.63, 3.8) is 0 Å². The van der Waals surface area contributed by atoms with Gasteiger partial charge in [-0.25, -0.2) is 4.98 Å². The van der Waals surface area contributed by atoms with Crippen LogP contribution in [-0.4, -0.2) is 15.7 Å². The molecule has 33 heavy (non-hydrogen) atoms. The molecule has 0 radical (unpaired) electrons. The number of anilines is 2. The van der Waals surface area contributed by atoms with Crippen LogP contribution in [0.3, 0.4) is 0 Å². The standard InChI is InChI=1S/C26H21ClN2O4/c1-14-7-8-15(11-20(14)30)19-13-32-23-18-9-10-26(2,3)33-24(18)25(29-21(23)22(19)31)28-17-6-4-5-16(27)12-17/h4-13,30H,1-3H3,(H,28,29). The number of rotatable bonds is 3. The van der Waals surface area contributed by atoms with E-state index < -0.39 is 5.60 Å². The zero-order valence-electron chi connectivity index (χ0n) is 18.3. The number of aromatic nitrogens is 1. The largest absolute Gasteiger partial charge is 0.508 e. The number of benzene rings is 2. The highest BCUT2D eigenvalue weighted by Crippen LogP contribution is 2.41. The lowest BCUT2D eigenvalue weighted by atomic mass is 10.0. The number of phenols is 1. The minimum absolute atomic E-state index is 0.104.